The van der Waals surface area contributed by atoms with Crippen LogP contribution in [0.2, 0.25) is 0 Å². The summed E-state index contributed by atoms with van der Waals surface area (Å²) < 4.78 is 0. The van der Waals surface area contributed by atoms with E-state index in [1.165, 1.54) is 5.56 Å². The number of carbonyl (C=O) groups excluding carboxylic acids is 1. The van der Waals surface area contributed by atoms with Crippen molar-refractivity contribution in [2.75, 3.05) is 18.0 Å². The van der Waals surface area contributed by atoms with E-state index in [0.29, 0.717) is 0 Å². The molecule has 0 radical (unpaired) electrons. The van der Waals surface area contributed by atoms with Gasteiger partial charge in [0.05, 0.1) is 6.54 Å². The SMILES string of the molecule is Cc1ccc(N2CCCC3(CCCN3Cc3ncc[nH]3)C2=O)cc1. The molecule has 2 fully saturated rings. The van der Waals surface area contributed by atoms with Crippen molar-refractivity contribution in [3.8, 4) is 0 Å². The number of hydrogen-bond acceptors (Lipinski definition) is 3. The average molecular weight is 324 g/mol. The Morgan fingerprint density at radius 3 is 2.62 bits per heavy atom. The van der Waals surface area contributed by atoms with Crippen LogP contribution in [-0.2, 0) is 11.3 Å². The van der Waals surface area contributed by atoms with Crippen molar-refractivity contribution in [2.45, 2.75) is 44.7 Å². The summed E-state index contributed by atoms with van der Waals surface area (Å²) in [5, 5.41) is 0. The second-order valence-corrected chi connectivity index (χ2v) is 6.99. The van der Waals surface area contributed by atoms with Gasteiger partial charge in [0, 0.05) is 24.6 Å². The number of likely N-dealkylation sites (tertiary alicyclic amines) is 1. The van der Waals surface area contributed by atoms with Crippen LogP contribution in [0.3, 0.4) is 0 Å². The van der Waals surface area contributed by atoms with E-state index in [1.54, 1.807) is 6.20 Å². The molecule has 1 unspecified atom stereocenters. The van der Waals surface area contributed by atoms with Crippen LogP contribution < -0.4 is 4.90 Å². The number of aromatic amines is 1. The highest BCUT2D eigenvalue weighted by Gasteiger charge is 2.51. The molecule has 2 aliphatic rings. The summed E-state index contributed by atoms with van der Waals surface area (Å²) in [5.41, 5.74) is 1.89. The first-order valence-corrected chi connectivity index (χ1v) is 8.81. The highest BCUT2D eigenvalue weighted by Crippen LogP contribution is 2.40. The number of imidazole rings is 1. The van der Waals surface area contributed by atoms with Crippen molar-refractivity contribution in [3.63, 3.8) is 0 Å². The van der Waals surface area contributed by atoms with Crippen LogP contribution >= 0.6 is 0 Å². The Bertz CT molecular complexity index is 709. The van der Waals surface area contributed by atoms with Crippen molar-refractivity contribution in [1.29, 1.82) is 0 Å². The Labute approximate surface area is 142 Å². The summed E-state index contributed by atoms with van der Waals surface area (Å²) in [6, 6.07) is 8.30. The molecule has 1 atom stereocenters. The van der Waals surface area contributed by atoms with Crippen molar-refractivity contribution in [1.82, 2.24) is 14.9 Å². The van der Waals surface area contributed by atoms with E-state index in [0.717, 1.165) is 56.8 Å². The van der Waals surface area contributed by atoms with Gasteiger partial charge >= 0.3 is 0 Å². The lowest BCUT2D eigenvalue weighted by Gasteiger charge is -2.44. The van der Waals surface area contributed by atoms with Gasteiger partial charge in [0.15, 0.2) is 0 Å². The molecule has 126 valence electrons. The number of aromatic nitrogens is 2. The molecule has 2 aromatic rings. The molecule has 1 amide bonds. The van der Waals surface area contributed by atoms with Gasteiger partial charge in [0.25, 0.3) is 0 Å². The molecule has 5 heteroatoms. The van der Waals surface area contributed by atoms with Gasteiger partial charge in [-0.2, -0.15) is 0 Å². The van der Waals surface area contributed by atoms with Crippen LogP contribution in [0, 0.1) is 6.92 Å². The van der Waals surface area contributed by atoms with Gasteiger partial charge < -0.3 is 9.88 Å². The number of rotatable bonds is 3. The number of aryl methyl sites for hydroxylation is 1. The number of amides is 1. The molecule has 1 aromatic carbocycles. The maximum Gasteiger partial charge on any atom is 0.247 e. The molecular weight excluding hydrogens is 300 g/mol. The van der Waals surface area contributed by atoms with E-state index in [1.807, 2.05) is 11.1 Å². The maximum absolute atomic E-state index is 13.4. The summed E-state index contributed by atoms with van der Waals surface area (Å²) in [5.74, 6) is 1.21. The fourth-order valence-electron chi connectivity index (χ4n) is 4.22. The van der Waals surface area contributed by atoms with E-state index in [-0.39, 0.29) is 11.4 Å². The summed E-state index contributed by atoms with van der Waals surface area (Å²) in [6.07, 6.45) is 7.66. The third-order valence-electron chi connectivity index (χ3n) is 5.48. The summed E-state index contributed by atoms with van der Waals surface area (Å²) in [7, 11) is 0. The smallest absolute Gasteiger partial charge is 0.247 e. The first-order chi connectivity index (χ1) is 11.7. The quantitative estimate of drug-likeness (QED) is 0.944. The van der Waals surface area contributed by atoms with Crippen LogP contribution in [0.4, 0.5) is 5.69 Å². The minimum absolute atomic E-state index is 0.265. The second-order valence-electron chi connectivity index (χ2n) is 6.99. The van der Waals surface area contributed by atoms with Crippen molar-refractivity contribution in [3.05, 3.63) is 48.0 Å². The zero-order valence-electron chi connectivity index (χ0n) is 14.2. The Kier molecular flexibility index (Phi) is 3.88. The number of carbonyl (C=O) groups is 1. The van der Waals surface area contributed by atoms with Crippen molar-refractivity contribution < 1.29 is 4.79 Å². The molecule has 0 bridgehead atoms. The molecule has 4 rings (SSSR count). The predicted octanol–water partition coefficient (Wildman–Crippen LogP) is 2.88. The van der Waals surface area contributed by atoms with Gasteiger partial charge in [-0.25, -0.2) is 4.98 Å². The lowest BCUT2D eigenvalue weighted by Crippen LogP contribution is -2.60. The van der Waals surface area contributed by atoms with Gasteiger partial charge in [0.1, 0.15) is 11.4 Å². The number of nitrogens with one attached hydrogen (secondary N) is 1. The van der Waals surface area contributed by atoms with Crippen molar-refractivity contribution >= 4 is 11.6 Å². The Hall–Kier alpha value is -2.14. The zero-order chi connectivity index (χ0) is 16.6. The molecule has 0 saturated carbocycles. The average Bonchev–Trinajstić information content (AvgIpc) is 3.23. The minimum atomic E-state index is -0.351. The molecule has 1 spiro atoms. The molecule has 1 aromatic heterocycles. The standard InChI is InChI=1S/C19H24N4O/c1-15-4-6-16(7-5-15)23-13-3-9-19(18(23)24)8-2-12-22(19)14-17-20-10-11-21-17/h4-7,10-11H,2-3,8-9,12-14H2,1H3,(H,20,21). The van der Waals surface area contributed by atoms with Gasteiger partial charge in [-0.15, -0.1) is 0 Å². The first-order valence-electron chi connectivity index (χ1n) is 8.81. The predicted molar refractivity (Wildman–Crippen MR) is 93.7 cm³/mol. The summed E-state index contributed by atoms with van der Waals surface area (Å²) >= 11 is 0. The number of benzene rings is 1. The third-order valence-corrected chi connectivity index (χ3v) is 5.48. The maximum atomic E-state index is 13.4. The largest absolute Gasteiger partial charge is 0.348 e. The lowest BCUT2D eigenvalue weighted by molar-refractivity contribution is -0.131. The normalized spacial score (nSPS) is 24.9. The summed E-state index contributed by atoms with van der Waals surface area (Å²) in [6.45, 7) is 4.58. The molecule has 24 heavy (non-hydrogen) atoms. The van der Waals surface area contributed by atoms with Gasteiger partial charge in [-0.1, -0.05) is 17.7 Å². The highest BCUT2D eigenvalue weighted by molar-refractivity contribution is 6.01. The van der Waals surface area contributed by atoms with Gasteiger partial charge in [0.2, 0.25) is 5.91 Å². The summed E-state index contributed by atoms with van der Waals surface area (Å²) in [4.78, 5) is 25.3. The first kappa shape index (κ1) is 15.4. The number of nitrogens with zero attached hydrogens (tertiary/aromatic N) is 3. The fraction of sp³-hybridized carbons (Fsp3) is 0.474. The molecule has 0 aliphatic carbocycles. The van der Waals surface area contributed by atoms with Gasteiger partial charge in [-0.3, -0.25) is 9.69 Å². The number of piperidine rings is 1. The van der Waals surface area contributed by atoms with Crippen LogP contribution in [0.5, 0.6) is 0 Å². The molecule has 2 saturated heterocycles. The Morgan fingerprint density at radius 1 is 1.17 bits per heavy atom. The van der Waals surface area contributed by atoms with Gasteiger partial charge in [-0.05, 0) is 51.3 Å². The highest BCUT2D eigenvalue weighted by atomic mass is 16.2. The monoisotopic (exact) mass is 324 g/mol. The van der Waals surface area contributed by atoms with E-state index < -0.39 is 0 Å². The molecule has 1 N–H and O–H groups in total. The Balaban J connectivity index is 1.61. The van der Waals surface area contributed by atoms with E-state index in [4.69, 9.17) is 0 Å². The Morgan fingerprint density at radius 2 is 1.92 bits per heavy atom. The van der Waals surface area contributed by atoms with Crippen LogP contribution in [-0.4, -0.2) is 39.4 Å². The molecular formula is C19H24N4O. The lowest BCUT2D eigenvalue weighted by atomic mass is 9.85. The molecule has 5 nitrogen and oxygen atoms in total. The minimum Gasteiger partial charge on any atom is -0.348 e. The number of anilines is 1. The molecule has 3 heterocycles. The van der Waals surface area contributed by atoms with Crippen LogP contribution in [0.15, 0.2) is 36.7 Å². The fourth-order valence-corrected chi connectivity index (χ4v) is 4.22. The second kappa shape index (κ2) is 6.06. The van der Waals surface area contributed by atoms with E-state index in [9.17, 15) is 4.79 Å². The van der Waals surface area contributed by atoms with E-state index >= 15 is 0 Å². The van der Waals surface area contributed by atoms with Crippen LogP contribution in [0.25, 0.3) is 0 Å². The third kappa shape index (κ3) is 2.53. The number of hydrogen-bond donors (Lipinski definition) is 1. The van der Waals surface area contributed by atoms with E-state index in [2.05, 4.69) is 46.1 Å². The van der Waals surface area contributed by atoms with Crippen molar-refractivity contribution in [2.24, 2.45) is 0 Å². The van der Waals surface area contributed by atoms with Crippen LogP contribution in [0.1, 0.15) is 37.1 Å². The molecule has 2 aliphatic heterocycles. The topological polar surface area (TPSA) is 52.2 Å². The number of H-pyrrole nitrogens is 1. The zero-order valence-corrected chi connectivity index (χ0v) is 14.2.